The third-order valence-corrected chi connectivity index (χ3v) is 2.75. The normalized spacial score (nSPS) is 12.1. The lowest BCUT2D eigenvalue weighted by atomic mass is 10.4. The molecule has 0 amide bonds. The summed E-state index contributed by atoms with van der Waals surface area (Å²) in [6, 6.07) is 0. The molecule has 0 unspecified atom stereocenters. The summed E-state index contributed by atoms with van der Waals surface area (Å²) in [4.78, 5) is 0. The lowest BCUT2D eigenvalue weighted by Crippen LogP contribution is -2.33. The lowest BCUT2D eigenvalue weighted by Gasteiger charge is -2.13. The van der Waals surface area contributed by atoms with Crippen LogP contribution in [0.25, 0.3) is 0 Å². The molecular weight excluding hydrogens is 290 g/mol. The number of methoxy groups -OCH3 is 1. The van der Waals surface area contributed by atoms with Crippen molar-refractivity contribution in [1.29, 1.82) is 0 Å². The Morgan fingerprint density at radius 2 is 2.11 bits per heavy atom. The van der Waals surface area contributed by atoms with Crippen molar-refractivity contribution in [1.82, 2.24) is 15.5 Å². The molecule has 0 bridgehead atoms. The molecule has 0 aliphatic rings. The van der Waals surface area contributed by atoms with Crippen LogP contribution in [0.2, 0.25) is 0 Å². The summed E-state index contributed by atoms with van der Waals surface area (Å²) in [7, 11) is 1.56. The number of hydrogen-bond acceptors (Lipinski definition) is 6. The number of rotatable bonds is 9. The van der Waals surface area contributed by atoms with Gasteiger partial charge in [0.15, 0.2) is 6.61 Å². The molecule has 0 fully saturated rings. The van der Waals surface area contributed by atoms with E-state index in [1.807, 2.05) is 0 Å². The molecule has 0 saturated carbocycles. The average Bonchev–Trinajstić information content (AvgIpc) is 2.80. The summed E-state index contributed by atoms with van der Waals surface area (Å²) in [6.45, 7) is 0.0600. The summed E-state index contributed by atoms with van der Waals surface area (Å²) >= 11 is 0.917. The maximum absolute atomic E-state index is 12.6. The van der Waals surface area contributed by atoms with E-state index in [-0.39, 0.29) is 5.19 Å². The van der Waals surface area contributed by atoms with Gasteiger partial charge >= 0.3 is 12.3 Å². The second-order valence-corrected chi connectivity index (χ2v) is 4.51. The van der Waals surface area contributed by atoms with E-state index < -0.39 is 19.0 Å². The Morgan fingerprint density at radius 3 is 2.74 bits per heavy atom. The van der Waals surface area contributed by atoms with E-state index in [2.05, 4.69) is 20.3 Å². The van der Waals surface area contributed by atoms with Crippen molar-refractivity contribution in [3.63, 3.8) is 0 Å². The van der Waals surface area contributed by atoms with Crippen LogP contribution in [-0.2, 0) is 11.3 Å². The Labute approximate surface area is 110 Å². The maximum atomic E-state index is 12.6. The van der Waals surface area contributed by atoms with Gasteiger partial charge in [0.25, 0.3) is 5.19 Å². The zero-order chi connectivity index (χ0) is 14.3. The van der Waals surface area contributed by atoms with Gasteiger partial charge in [-0.05, 0) is 0 Å². The van der Waals surface area contributed by atoms with Crippen LogP contribution in [0.3, 0.4) is 0 Å². The second kappa shape index (κ2) is 7.56. The largest absolute Gasteiger partial charge is 0.462 e. The molecule has 1 aromatic heterocycles. The second-order valence-electron chi connectivity index (χ2n) is 3.48. The van der Waals surface area contributed by atoms with Crippen molar-refractivity contribution < 1.29 is 27.0 Å². The molecule has 1 rings (SSSR count). The van der Waals surface area contributed by atoms with Gasteiger partial charge in [-0.2, -0.15) is 8.78 Å². The Bertz CT molecular complexity index is 378. The molecule has 19 heavy (non-hydrogen) atoms. The monoisotopic (exact) mass is 303 g/mol. The summed E-state index contributed by atoms with van der Waals surface area (Å²) in [5.74, 6) is -4.19. The fourth-order valence-corrected chi connectivity index (χ4v) is 1.62. The zero-order valence-corrected chi connectivity index (χ0v) is 10.9. The van der Waals surface area contributed by atoms with Crippen LogP contribution in [0.4, 0.5) is 17.6 Å². The summed E-state index contributed by atoms with van der Waals surface area (Å²) in [6.07, 6.45) is -3.77. The van der Waals surface area contributed by atoms with Crippen LogP contribution >= 0.6 is 11.3 Å². The van der Waals surface area contributed by atoms with Crippen molar-refractivity contribution in [3.8, 4) is 5.19 Å². The highest BCUT2D eigenvalue weighted by Gasteiger charge is 2.42. The van der Waals surface area contributed by atoms with E-state index in [1.54, 1.807) is 7.11 Å². The average molecular weight is 303 g/mol. The van der Waals surface area contributed by atoms with Crippen molar-refractivity contribution in [3.05, 3.63) is 5.01 Å². The molecular formula is C9H13F4N3O2S. The molecule has 1 aromatic rings. The number of nitrogens with one attached hydrogen (secondary N) is 1. The first-order valence-corrected chi connectivity index (χ1v) is 6.08. The predicted octanol–water partition coefficient (Wildman–Crippen LogP) is 1.55. The van der Waals surface area contributed by atoms with Gasteiger partial charge in [-0.1, -0.05) is 11.3 Å². The molecule has 1 heterocycles. The SMILES string of the molecule is COCCNCc1nnc(OCC(F)(F)C(F)F)s1. The summed E-state index contributed by atoms with van der Waals surface area (Å²) < 4.78 is 58.2. The molecule has 0 aromatic carbocycles. The van der Waals surface area contributed by atoms with Crippen molar-refractivity contribution in [2.45, 2.75) is 18.9 Å². The van der Waals surface area contributed by atoms with Crippen LogP contribution in [-0.4, -0.2) is 49.4 Å². The van der Waals surface area contributed by atoms with Crippen molar-refractivity contribution >= 4 is 11.3 Å². The molecule has 0 aliphatic heterocycles. The topological polar surface area (TPSA) is 56.3 Å². The smallest absolute Gasteiger partial charge is 0.340 e. The molecule has 0 spiro atoms. The molecule has 1 N–H and O–H groups in total. The number of ether oxygens (including phenoxy) is 2. The third kappa shape index (κ3) is 5.66. The Morgan fingerprint density at radius 1 is 1.37 bits per heavy atom. The van der Waals surface area contributed by atoms with Gasteiger partial charge in [0.1, 0.15) is 5.01 Å². The van der Waals surface area contributed by atoms with Gasteiger partial charge < -0.3 is 14.8 Å². The van der Waals surface area contributed by atoms with Crippen molar-refractivity contribution in [2.75, 3.05) is 26.9 Å². The lowest BCUT2D eigenvalue weighted by molar-refractivity contribution is -0.148. The minimum absolute atomic E-state index is 0.163. The fourth-order valence-electron chi connectivity index (χ4n) is 0.958. The highest BCUT2D eigenvalue weighted by molar-refractivity contribution is 7.13. The molecule has 0 saturated heterocycles. The van der Waals surface area contributed by atoms with Gasteiger partial charge in [0.2, 0.25) is 0 Å². The first kappa shape index (κ1) is 16.1. The van der Waals surface area contributed by atoms with Gasteiger partial charge in [-0.3, -0.25) is 0 Å². The molecule has 10 heteroatoms. The van der Waals surface area contributed by atoms with E-state index in [9.17, 15) is 17.6 Å². The predicted molar refractivity (Wildman–Crippen MR) is 59.9 cm³/mol. The number of aromatic nitrogens is 2. The Balaban J connectivity index is 2.34. The third-order valence-electron chi connectivity index (χ3n) is 1.91. The van der Waals surface area contributed by atoms with Gasteiger partial charge in [0, 0.05) is 20.2 Å². The van der Waals surface area contributed by atoms with Crippen molar-refractivity contribution in [2.24, 2.45) is 0 Å². The molecule has 0 aliphatic carbocycles. The highest BCUT2D eigenvalue weighted by Crippen LogP contribution is 2.25. The first-order valence-electron chi connectivity index (χ1n) is 5.26. The number of nitrogens with zero attached hydrogens (tertiary/aromatic N) is 2. The van der Waals surface area contributed by atoms with Gasteiger partial charge in [-0.25, -0.2) is 8.78 Å². The van der Waals surface area contributed by atoms with E-state index in [0.717, 1.165) is 11.3 Å². The van der Waals surface area contributed by atoms with Crippen LogP contribution in [0, 0.1) is 0 Å². The van der Waals surface area contributed by atoms with E-state index in [0.29, 0.717) is 24.7 Å². The molecule has 0 atom stereocenters. The Kier molecular flexibility index (Phi) is 6.38. The quantitative estimate of drug-likeness (QED) is 0.554. The van der Waals surface area contributed by atoms with Crippen LogP contribution in [0.5, 0.6) is 5.19 Å². The first-order chi connectivity index (χ1) is 8.95. The number of hydrogen-bond donors (Lipinski definition) is 1. The van der Waals surface area contributed by atoms with E-state index in [1.165, 1.54) is 0 Å². The number of alkyl halides is 4. The fraction of sp³-hybridized carbons (Fsp3) is 0.778. The maximum Gasteiger partial charge on any atom is 0.340 e. The van der Waals surface area contributed by atoms with Crippen LogP contribution < -0.4 is 10.1 Å². The summed E-state index contributed by atoms with van der Waals surface area (Å²) in [5.41, 5.74) is 0. The molecule has 5 nitrogen and oxygen atoms in total. The van der Waals surface area contributed by atoms with Crippen LogP contribution in [0.15, 0.2) is 0 Å². The highest BCUT2D eigenvalue weighted by atomic mass is 32.1. The standard InChI is InChI=1S/C9H13F4N3O2S/c1-17-3-2-14-4-6-15-16-8(19-6)18-5-9(12,13)7(10)11/h7,14H,2-5H2,1H3. The number of halogens is 4. The summed E-state index contributed by atoms with van der Waals surface area (Å²) in [5, 5.41) is 10.5. The minimum Gasteiger partial charge on any atom is -0.462 e. The van der Waals surface area contributed by atoms with Gasteiger partial charge in [-0.15, -0.1) is 10.2 Å². The van der Waals surface area contributed by atoms with E-state index in [4.69, 9.17) is 4.74 Å². The molecule has 110 valence electrons. The van der Waals surface area contributed by atoms with Crippen LogP contribution in [0.1, 0.15) is 5.01 Å². The zero-order valence-electron chi connectivity index (χ0n) is 10.0. The van der Waals surface area contributed by atoms with E-state index >= 15 is 0 Å². The minimum atomic E-state index is -4.19. The Hall–Kier alpha value is -1.00. The molecule has 0 radical (unpaired) electrons. The van der Waals surface area contributed by atoms with Gasteiger partial charge in [0.05, 0.1) is 6.61 Å².